The molecule has 5 aliphatic rings. The van der Waals surface area contributed by atoms with Crippen LogP contribution in [0.3, 0.4) is 0 Å². The van der Waals surface area contributed by atoms with Crippen molar-refractivity contribution < 1.29 is 42.1 Å². The smallest absolute Gasteiger partial charge is 0.410 e. The van der Waals surface area contributed by atoms with Gasteiger partial charge >= 0.3 is 6.09 Å². The second-order valence-electron chi connectivity index (χ2n) is 15.4. The van der Waals surface area contributed by atoms with Crippen LogP contribution >= 0.6 is 0 Å². The molecule has 3 aromatic rings. The fourth-order valence-corrected chi connectivity index (χ4v) is 9.34. The standard InChI is InChI=1S/C41H42N6O10S/c48-37-35-22-28(57-44-36-32-13-8-6-11-30(32)31-12-7-9-14-33(31)36)24-46(35)38(49)34(42-40(51)56-27-18-16-26(17-19-27)47(52)53)15-5-3-1-2-4-10-25-23-41(25,43-37)39(50)45-58(54,55)29-20-21-29/h4,6-14,16-19,25,28-29,34-35H,1-3,5,15,20-24H2,(H,42,51)(H,43,48)(H,45,50)/b10-4-/t25?,28-,34+,35+,41-/m1/s1. The Bertz CT molecular complexity index is 2280. The number of allylic oxidation sites excluding steroid dienone is 1. The van der Waals surface area contributed by atoms with Gasteiger partial charge in [-0.3, -0.25) is 29.2 Å². The summed E-state index contributed by atoms with van der Waals surface area (Å²) in [6.07, 6.45) is 5.84. The van der Waals surface area contributed by atoms with Gasteiger partial charge in [0.15, 0.2) is 0 Å². The number of benzene rings is 3. The van der Waals surface area contributed by atoms with Crippen molar-refractivity contribution in [2.45, 2.75) is 86.8 Å². The molecule has 4 amide bonds. The number of nitrogens with zero attached hydrogens (tertiary/aromatic N) is 3. The van der Waals surface area contributed by atoms with Gasteiger partial charge in [-0.1, -0.05) is 78.7 Å². The lowest BCUT2D eigenvalue weighted by Crippen LogP contribution is -2.58. The van der Waals surface area contributed by atoms with Crippen LogP contribution in [0, 0.1) is 16.0 Å². The Balaban J connectivity index is 1.07. The summed E-state index contributed by atoms with van der Waals surface area (Å²) in [5.41, 5.74) is 2.56. The SMILES string of the molecule is O=C(N[C@H]1CCCCC/C=C\C2C[C@@]2(C(=O)NS(=O)(=O)C2CC2)NC(=O)[C@@H]2C[C@@H](ON=C3c4ccccc4-c4ccccc43)CN2C1=O)Oc1ccc([N+](=O)[O-])cc1. The molecule has 0 aromatic heterocycles. The van der Waals surface area contributed by atoms with E-state index in [2.05, 4.69) is 20.5 Å². The number of rotatable bonds is 8. The first-order chi connectivity index (χ1) is 27.9. The molecule has 3 aliphatic carbocycles. The zero-order valence-corrected chi connectivity index (χ0v) is 32.2. The second-order valence-corrected chi connectivity index (χ2v) is 17.3. The number of hydrogen-bond donors (Lipinski definition) is 3. The average Bonchev–Trinajstić information content (AvgIpc) is 4.12. The van der Waals surface area contributed by atoms with Crippen LogP contribution in [0.5, 0.6) is 5.75 Å². The molecule has 0 spiro atoms. The van der Waals surface area contributed by atoms with E-state index in [1.165, 1.54) is 29.2 Å². The second kappa shape index (κ2) is 15.7. The van der Waals surface area contributed by atoms with E-state index >= 15 is 0 Å². The van der Waals surface area contributed by atoms with Gasteiger partial charge in [0, 0.05) is 35.6 Å². The summed E-state index contributed by atoms with van der Waals surface area (Å²) in [5.74, 6) is -2.54. The van der Waals surface area contributed by atoms with Gasteiger partial charge in [-0.05, 0) is 61.8 Å². The van der Waals surface area contributed by atoms with Gasteiger partial charge < -0.3 is 25.1 Å². The summed E-state index contributed by atoms with van der Waals surface area (Å²) in [7, 11) is -3.93. The molecule has 16 nitrogen and oxygen atoms in total. The molecule has 3 aromatic carbocycles. The Morgan fingerprint density at radius 3 is 2.24 bits per heavy atom. The third-order valence-corrected chi connectivity index (χ3v) is 13.2. The summed E-state index contributed by atoms with van der Waals surface area (Å²) < 4.78 is 33.3. The first kappa shape index (κ1) is 38.8. The molecular weight excluding hydrogens is 769 g/mol. The molecule has 3 N–H and O–H groups in total. The average molecular weight is 811 g/mol. The molecule has 1 unspecified atom stereocenters. The maximum Gasteiger partial charge on any atom is 0.413 e. The monoisotopic (exact) mass is 810 g/mol. The predicted molar refractivity (Wildman–Crippen MR) is 210 cm³/mol. The van der Waals surface area contributed by atoms with E-state index in [9.17, 15) is 37.7 Å². The highest BCUT2D eigenvalue weighted by Gasteiger charge is 2.62. The first-order valence-corrected chi connectivity index (χ1v) is 21.0. The van der Waals surface area contributed by atoms with E-state index in [1.807, 2.05) is 60.7 Å². The quantitative estimate of drug-likeness (QED) is 0.129. The number of ether oxygens (including phenoxy) is 1. The number of fused-ring (bicyclic) bond motifs is 5. The zero-order valence-electron chi connectivity index (χ0n) is 31.4. The maximum absolute atomic E-state index is 14.6. The van der Waals surface area contributed by atoms with Crippen molar-refractivity contribution in [3.63, 3.8) is 0 Å². The largest absolute Gasteiger partial charge is 0.413 e. The van der Waals surface area contributed by atoms with E-state index in [1.54, 1.807) is 0 Å². The Morgan fingerprint density at radius 1 is 0.914 bits per heavy atom. The molecule has 17 heteroatoms. The number of nitrogens with one attached hydrogen (secondary N) is 3. The number of nitro groups is 1. The van der Waals surface area contributed by atoms with Gasteiger partial charge in [-0.15, -0.1) is 0 Å². The Hall–Kier alpha value is -6.10. The number of carbonyl (C=O) groups excluding carboxylic acids is 4. The summed E-state index contributed by atoms with van der Waals surface area (Å²) in [5, 5.41) is 20.5. The highest BCUT2D eigenvalue weighted by molar-refractivity contribution is 7.91. The van der Waals surface area contributed by atoms with E-state index in [-0.39, 0.29) is 37.2 Å². The van der Waals surface area contributed by atoms with Crippen LogP contribution in [-0.2, 0) is 29.2 Å². The van der Waals surface area contributed by atoms with Crippen LogP contribution in [0.1, 0.15) is 68.9 Å². The Morgan fingerprint density at radius 2 is 1.59 bits per heavy atom. The highest BCUT2D eigenvalue weighted by atomic mass is 32.2. The Labute approximate surface area is 334 Å². The topological polar surface area (TPSA) is 216 Å². The van der Waals surface area contributed by atoms with Crippen molar-refractivity contribution >= 4 is 45.2 Å². The molecule has 0 bridgehead atoms. The lowest BCUT2D eigenvalue weighted by atomic mass is 10.0. The molecular formula is C41H42N6O10S. The van der Waals surface area contributed by atoms with Gasteiger partial charge in [0.05, 0.1) is 16.7 Å². The molecule has 3 fully saturated rings. The number of oxime groups is 1. The van der Waals surface area contributed by atoms with Crippen molar-refractivity contribution in [1.29, 1.82) is 0 Å². The Kier molecular flexibility index (Phi) is 10.5. The van der Waals surface area contributed by atoms with E-state index in [0.29, 0.717) is 37.8 Å². The van der Waals surface area contributed by atoms with E-state index in [0.717, 1.165) is 28.7 Å². The number of carbonyl (C=O) groups is 4. The van der Waals surface area contributed by atoms with Gasteiger partial charge in [0.1, 0.15) is 35.2 Å². The third-order valence-electron chi connectivity index (χ3n) is 11.3. The van der Waals surface area contributed by atoms with Crippen LogP contribution in [0.4, 0.5) is 10.5 Å². The minimum Gasteiger partial charge on any atom is -0.410 e. The molecule has 2 aliphatic heterocycles. The van der Waals surface area contributed by atoms with Gasteiger partial charge in [0.2, 0.25) is 21.8 Å². The van der Waals surface area contributed by atoms with Crippen LogP contribution in [0.2, 0.25) is 0 Å². The van der Waals surface area contributed by atoms with Gasteiger partial charge in [0.25, 0.3) is 11.6 Å². The number of amides is 4. The maximum atomic E-state index is 14.6. The minimum absolute atomic E-state index is 0.0177. The third kappa shape index (κ3) is 7.90. The molecule has 302 valence electrons. The first-order valence-electron chi connectivity index (χ1n) is 19.4. The number of non-ortho nitro benzene ring substituents is 1. The number of sulfonamides is 1. The summed E-state index contributed by atoms with van der Waals surface area (Å²) in [6, 6.07) is 18.1. The summed E-state index contributed by atoms with van der Waals surface area (Å²) >= 11 is 0. The van der Waals surface area contributed by atoms with Crippen molar-refractivity contribution in [3.05, 3.63) is 106 Å². The van der Waals surface area contributed by atoms with Crippen LogP contribution < -0.4 is 20.1 Å². The van der Waals surface area contributed by atoms with Gasteiger partial charge in [-0.2, -0.15) is 0 Å². The molecule has 2 saturated carbocycles. The molecule has 0 radical (unpaired) electrons. The van der Waals surface area contributed by atoms with Crippen LogP contribution in [-0.4, -0.2) is 83.3 Å². The molecule has 2 heterocycles. The number of nitro benzene ring substituents is 1. The fourth-order valence-electron chi connectivity index (χ4n) is 7.97. The lowest BCUT2D eigenvalue weighted by Gasteiger charge is -2.29. The van der Waals surface area contributed by atoms with Crippen molar-refractivity contribution in [2.75, 3.05) is 6.54 Å². The van der Waals surface area contributed by atoms with E-state index < -0.39 is 73.7 Å². The van der Waals surface area contributed by atoms with Crippen LogP contribution in [0.15, 0.2) is 90.1 Å². The van der Waals surface area contributed by atoms with Crippen molar-refractivity contribution in [1.82, 2.24) is 20.3 Å². The van der Waals surface area contributed by atoms with E-state index in [4.69, 9.17) is 9.57 Å². The highest BCUT2D eigenvalue weighted by Crippen LogP contribution is 2.46. The normalized spacial score (nSPS) is 25.9. The minimum atomic E-state index is -3.93. The lowest BCUT2D eigenvalue weighted by molar-refractivity contribution is -0.384. The summed E-state index contributed by atoms with van der Waals surface area (Å²) in [4.78, 5) is 73.9. The molecule has 58 heavy (non-hydrogen) atoms. The summed E-state index contributed by atoms with van der Waals surface area (Å²) in [6.45, 7) is -0.0921. The van der Waals surface area contributed by atoms with Crippen LogP contribution in [0.25, 0.3) is 11.1 Å². The van der Waals surface area contributed by atoms with Gasteiger partial charge in [-0.25, -0.2) is 13.2 Å². The van der Waals surface area contributed by atoms with Crippen molar-refractivity contribution in [2.24, 2.45) is 11.1 Å². The molecule has 1 saturated heterocycles. The predicted octanol–water partition coefficient (Wildman–Crippen LogP) is 4.47. The molecule has 5 atom stereocenters. The number of hydrogen-bond acceptors (Lipinski definition) is 11. The van der Waals surface area contributed by atoms with Crippen molar-refractivity contribution in [3.8, 4) is 16.9 Å². The zero-order chi connectivity index (χ0) is 40.6. The fraction of sp³-hybridized carbons (Fsp3) is 0.390. The molecule has 8 rings (SSSR count).